The Morgan fingerprint density at radius 2 is 1.50 bits per heavy atom. The number of rotatable bonds is 6. The summed E-state index contributed by atoms with van der Waals surface area (Å²) in [6.45, 7) is 0.481. The van der Waals surface area contributed by atoms with Crippen molar-refractivity contribution in [3.05, 3.63) is 53.6 Å². The quantitative estimate of drug-likeness (QED) is 0.880. The second-order valence-electron chi connectivity index (χ2n) is 4.28. The molecule has 0 saturated heterocycles. The molecule has 106 valence electrons. The zero-order valence-electron chi connectivity index (χ0n) is 11.6. The normalized spacial score (nSPS) is 10.2. The number of methoxy groups -OCH3 is 2. The van der Waals surface area contributed by atoms with Gasteiger partial charge in [0.2, 0.25) is 0 Å². The van der Waals surface area contributed by atoms with Crippen molar-refractivity contribution in [2.75, 3.05) is 14.2 Å². The van der Waals surface area contributed by atoms with Gasteiger partial charge < -0.3 is 19.3 Å². The predicted octanol–water partition coefficient (Wildman–Crippen LogP) is 2.78. The lowest BCUT2D eigenvalue weighted by atomic mass is 10.2. The molecule has 20 heavy (non-hydrogen) atoms. The summed E-state index contributed by atoms with van der Waals surface area (Å²) >= 11 is 0. The number of benzene rings is 2. The summed E-state index contributed by atoms with van der Waals surface area (Å²) in [5.74, 6) is 2.14. The molecule has 4 nitrogen and oxygen atoms in total. The maximum atomic E-state index is 8.98. The van der Waals surface area contributed by atoms with E-state index >= 15 is 0 Å². The Bertz CT molecular complexity index is 549. The van der Waals surface area contributed by atoms with E-state index in [0.717, 1.165) is 16.9 Å². The Hall–Kier alpha value is -2.20. The van der Waals surface area contributed by atoms with Crippen LogP contribution in [-0.4, -0.2) is 19.3 Å². The molecule has 0 spiro atoms. The highest BCUT2D eigenvalue weighted by Crippen LogP contribution is 2.28. The molecule has 2 rings (SSSR count). The molecular formula is C16H18O4. The van der Waals surface area contributed by atoms with Crippen molar-refractivity contribution in [2.24, 2.45) is 0 Å². The molecule has 2 aromatic carbocycles. The fourth-order valence-electron chi connectivity index (χ4n) is 1.83. The fraction of sp³-hybridized carbons (Fsp3) is 0.250. The molecule has 2 aromatic rings. The monoisotopic (exact) mass is 274 g/mol. The highest BCUT2D eigenvalue weighted by Gasteiger charge is 2.05. The number of hydrogen-bond donors (Lipinski definition) is 1. The minimum absolute atomic E-state index is 0.0377. The zero-order chi connectivity index (χ0) is 14.4. The van der Waals surface area contributed by atoms with E-state index in [0.29, 0.717) is 18.1 Å². The molecule has 0 aliphatic carbocycles. The Labute approximate surface area is 118 Å². The van der Waals surface area contributed by atoms with Gasteiger partial charge in [0.25, 0.3) is 0 Å². The van der Waals surface area contributed by atoms with Crippen molar-refractivity contribution < 1.29 is 19.3 Å². The summed E-state index contributed by atoms with van der Waals surface area (Å²) in [6, 6.07) is 13.0. The predicted molar refractivity (Wildman–Crippen MR) is 76.2 cm³/mol. The van der Waals surface area contributed by atoms with Crippen LogP contribution in [0.15, 0.2) is 42.5 Å². The van der Waals surface area contributed by atoms with Gasteiger partial charge in [-0.1, -0.05) is 18.2 Å². The molecule has 0 atom stereocenters. The molecule has 0 amide bonds. The Balaban J connectivity index is 2.02. The van der Waals surface area contributed by atoms with Crippen molar-refractivity contribution in [3.63, 3.8) is 0 Å². The molecule has 0 heterocycles. The van der Waals surface area contributed by atoms with E-state index in [-0.39, 0.29) is 6.61 Å². The molecule has 0 fully saturated rings. The first kappa shape index (κ1) is 14.2. The first-order valence-corrected chi connectivity index (χ1v) is 6.30. The lowest BCUT2D eigenvalue weighted by Gasteiger charge is -2.11. The van der Waals surface area contributed by atoms with Gasteiger partial charge in [-0.2, -0.15) is 0 Å². The fourth-order valence-corrected chi connectivity index (χ4v) is 1.83. The summed E-state index contributed by atoms with van der Waals surface area (Å²) < 4.78 is 16.1. The third-order valence-electron chi connectivity index (χ3n) is 2.96. The van der Waals surface area contributed by atoms with E-state index < -0.39 is 0 Å². The molecular weight excluding hydrogens is 256 g/mol. The van der Waals surface area contributed by atoms with Crippen molar-refractivity contribution in [3.8, 4) is 17.2 Å². The van der Waals surface area contributed by atoms with Gasteiger partial charge in [0.1, 0.15) is 12.4 Å². The van der Waals surface area contributed by atoms with Crippen molar-refractivity contribution >= 4 is 0 Å². The maximum absolute atomic E-state index is 8.98. The largest absolute Gasteiger partial charge is 0.493 e. The standard InChI is InChI=1S/C16H18O4/c1-18-15-8-5-13(9-16(15)19-2)11-20-14-6-3-12(10-17)4-7-14/h3-9,17H,10-11H2,1-2H3. The van der Waals surface area contributed by atoms with Gasteiger partial charge in [0.05, 0.1) is 20.8 Å². The SMILES string of the molecule is COc1ccc(COc2ccc(CO)cc2)cc1OC. The second kappa shape index (κ2) is 6.82. The van der Waals surface area contributed by atoms with E-state index in [9.17, 15) is 0 Å². The average molecular weight is 274 g/mol. The molecule has 0 aliphatic rings. The highest BCUT2D eigenvalue weighted by molar-refractivity contribution is 5.42. The topological polar surface area (TPSA) is 47.9 Å². The van der Waals surface area contributed by atoms with Crippen LogP contribution in [-0.2, 0) is 13.2 Å². The number of hydrogen-bond acceptors (Lipinski definition) is 4. The molecule has 0 aromatic heterocycles. The van der Waals surface area contributed by atoms with E-state index in [1.54, 1.807) is 14.2 Å². The third-order valence-corrected chi connectivity index (χ3v) is 2.96. The van der Waals surface area contributed by atoms with Crippen LogP contribution >= 0.6 is 0 Å². The molecule has 0 saturated carbocycles. The summed E-state index contributed by atoms with van der Waals surface area (Å²) in [5.41, 5.74) is 1.86. The van der Waals surface area contributed by atoms with Gasteiger partial charge in [-0.15, -0.1) is 0 Å². The summed E-state index contributed by atoms with van der Waals surface area (Å²) in [4.78, 5) is 0. The number of aliphatic hydroxyl groups excluding tert-OH is 1. The van der Waals surface area contributed by atoms with Gasteiger partial charge in [-0.25, -0.2) is 0 Å². The van der Waals surface area contributed by atoms with Crippen molar-refractivity contribution in [1.82, 2.24) is 0 Å². The van der Waals surface area contributed by atoms with E-state index in [1.807, 2.05) is 42.5 Å². The van der Waals surface area contributed by atoms with Crippen LogP contribution in [0.25, 0.3) is 0 Å². The van der Waals surface area contributed by atoms with Crippen LogP contribution in [0.5, 0.6) is 17.2 Å². The van der Waals surface area contributed by atoms with Crippen LogP contribution in [0, 0.1) is 0 Å². The van der Waals surface area contributed by atoms with Gasteiger partial charge in [-0.3, -0.25) is 0 Å². The first-order valence-electron chi connectivity index (χ1n) is 6.30. The minimum atomic E-state index is 0.0377. The Kier molecular flexibility index (Phi) is 4.85. The van der Waals surface area contributed by atoms with Crippen molar-refractivity contribution in [1.29, 1.82) is 0 Å². The molecule has 0 bridgehead atoms. The lowest BCUT2D eigenvalue weighted by Crippen LogP contribution is -1.97. The maximum Gasteiger partial charge on any atom is 0.161 e. The van der Waals surface area contributed by atoms with Crippen LogP contribution in [0.4, 0.5) is 0 Å². The Morgan fingerprint density at radius 3 is 2.10 bits per heavy atom. The molecule has 4 heteroatoms. The van der Waals surface area contributed by atoms with E-state index in [1.165, 1.54) is 0 Å². The Morgan fingerprint density at radius 1 is 0.850 bits per heavy atom. The second-order valence-corrected chi connectivity index (χ2v) is 4.28. The first-order chi connectivity index (χ1) is 9.76. The van der Waals surface area contributed by atoms with Crippen LogP contribution in [0.2, 0.25) is 0 Å². The third kappa shape index (κ3) is 3.42. The summed E-state index contributed by atoms with van der Waals surface area (Å²) in [6.07, 6.45) is 0. The minimum Gasteiger partial charge on any atom is -0.493 e. The molecule has 1 N–H and O–H groups in total. The van der Waals surface area contributed by atoms with Crippen LogP contribution in [0.1, 0.15) is 11.1 Å². The van der Waals surface area contributed by atoms with Gasteiger partial charge in [-0.05, 0) is 35.4 Å². The van der Waals surface area contributed by atoms with E-state index in [4.69, 9.17) is 19.3 Å². The van der Waals surface area contributed by atoms with E-state index in [2.05, 4.69) is 0 Å². The highest BCUT2D eigenvalue weighted by atomic mass is 16.5. The van der Waals surface area contributed by atoms with Crippen LogP contribution in [0.3, 0.4) is 0 Å². The summed E-state index contributed by atoms with van der Waals surface area (Å²) in [5, 5.41) is 8.98. The molecule has 0 radical (unpaired) electrons. The average Bonchev–Trinajstić information content (AvgIpc) is 2.53. The van der Waals surface area contributed by atoms with Gasteiger partial charge in [0.15, 0.2) is 11.5 Å². The molecule has 0 aliphatic heterocycles. The number of aliphatic hydroxyl groups is 1. The van der Waals surface area contributed by atoms with Gasteiger partial charge >= 0.3 is 0 Å². The molecule has 0 unspecified atom stereocenters. The van der Waals surface area contributed by atoms with Crippen LogP contribution < -0.4 is 14.2 Å². The number of ether oxygens (including phenoxy) is 3. The van der Waals surface area contributed by atoms with Gasteiger partial charge in [0, 0.05) is 0 Å². The lowest BCUT2D eigenvalue weighted by molar-refractivity contribution is 0.280. The smallest absolute Gasteiger partial charge is 0.161 e. The van der Waals surface area contributed by atoms with Crippen molar-refractivity contribution in [2.45, 2.75) is 13.2 Å². The summed E-state index contributed by atoms with van der Waals surface area (Å²) in [7, 11) is 3.22. The zero-order valence-corrected chi connectivity index (χ0v) is 11.6.